The zero-order chi connectivity index (χ0) is 14.7. The number of nitrogens with one attached hydrogen (secondary N) is 3. The van der Waals surface area contributed by atoms with Crippen LogP contribution in [0.2, 0.25) is 0 Å². The number of benzene rings is 1. The van der Waals surface area contributed by atoms with Gasteiger partial charge in [0.25, 0.3) is 0 Å². The highest BCUT2D eigenvalue weighted by molar-refractivity contribution is 5.86. The fraction of sp³-hybridized carbons (Fsp3) is 0.0769. The fourth-order valence-corrected chi connectivity index (χ4v) is 1.97. The van der Waals surface area contributed by atoms with Crippen LogP contribution in [-0.4, -0.2) is 20.2 Å². The molecule has 0 atom stereocenters. The number of nitrogen functional groups attached to an aromatic ring is 1. The number of aromatic nitrogens is 4. The van der Waals surface area contributed by atoms with Gasteiger partial charge in [-0.15, -0.1) is 0 Å². The Kier molecular flexibility index (Phi) is 3.32. The molecule has 3 aromatic rings. The lowest BCUT2D eigenvalue weighted by Crippen LogP contribution is -2.12. The van der Waals surface area contributed by atoms with Gasteiger partial charge >= 0.3 is 0 Å². The quantitative estimate of drug-likeness (QED) is 0.416. The van der Waals surface area contributed by atoms with Crippen LogP contribution in [0.4, 0.5) is 11.8 Å². The van der Waals surface area contributed by atoms with Crippen molar-refractivity contribution in [3.63, 3.8) is 0 Å². The molecular weight excluding hydrogens is 268 g/mol. The van der Waals surface area contributed by atoms with Crippen molar-refractivity contribution in [2.75, 3.05) is 10.7 Å². The minimum atomic E-state index is 0.292. The maximum absolute atomic E-state index is 8.90. The second-order valence-corrected chi connectivity index (χ2v) is 4.34. The third-order valence-electron chi connectivity index (χ3n) is 2.95. The van der Waals surface area contributed by atoms with Crippen molar-refractivity contribution in [3.8, 4) is 6.07 Å². The lowest BCUT2D eigenvalue weighted by atomic mass is 10.1. The summed E-state index contributed by atoms with van der Waals surface area (Å²) in [6.07, 6.45) is 1.64. The lowest BCUT2D eigenvalue weighted by Gasteiger charge is -2.08. The van der Waals surface area contributed by atoms with E-state index in [1.54, 1.807) is 12.3 Å². The van der Waals surface area contributed by atoms with Gasteiger partial charge in [-0.25, -0.2) is 5.84 Å². The Balaban J connectivity index is 1.87. The number of nitrogens with two attached hydrogens (primary N) is 1. The van der Waals surface area contributed by atoms with Crippen LogP contribution < -0.4 is 16.6 Å². The van der Waals surface area contributed by atoms with Gasteiger partial charge in [0.1, 0.15) is 5.82 Å². The smallest absolute Gasteiger partial charge is 0.241 e. The van der Waals surface area contributed by atoms with E-state index in [-0.39, 0.29) is 0 Å². The summed E-state index contributed by atoms with van der Waals surface area (Å²) < 4.78 is 0. The summed E-state index contributed by atoms with van der Waals surface area (Å²) in [6.45, 7) is 0.525. The fourth-order valence-electron chi connectivity index (χ4n) is 1.97. The molecule has 5 N–H and O–H groups in total. The van der Waals surface area contributed by atoms with Gasteiger partial charge in [-0.05, 0) is 17.7 Å². The van der Waals surface area contributed by atoms with Crippen LogP contribution in [-0.2, 0) is 6.54 Å². The van der Waals surface area contributed by atoms with E-state index < -0.39 is 0 Å². The van der Waals surface area contributed by atoms with Crippen molar-refractivity contribution in [2.45, 2.75) is 6.54 Å². The minimum Gasteiger partial charge on any atom is -0.365 e. The Labute approximate surface area is 120 Å². The van der Waals surface area contributed by atoms with Gasteiger partial charge in [0.2, 0.25) is 5.95 Å². The molecule has 0 aliphatic heterocycles. The average molecular weight is 280 g/mol. The van der Waals surface area contributed by atoms with E-state index in [9.17, 15) is 0 Å². The Bertz CT molecular complexity index is 816. The first-order chi connectivity index (χ1) is 10.3. The third-order valence-corrected chi connectivity index (χ3v) is 2.95. The van der Waals surface area contributed by atoms with E-state index in [1.807, 2.05) is 18.2 Å². The average Bonchev–Trinajstić information content (AvgIpc) is 3.01. The summed E-state index contributed by atoms with van der Waals surface area (Å²) in [5.74, 6) is 6.26. The van der Waals surface area contributed by atoms with Gasteiger partial charge in [-0.1, -0.05) is 12.1 Å². The van der Waals surface area contributed by atoms with Gasteiger partial charge in [0, 0.05) is 6.54 Å². The Morgan fingerprint density at radius 1 is 1.33 bits per heavy atom. The highest BCUT2D eigenvalue weighted by atomic mass is 15.3. The van der Waals surface area contributed by atoms with E-state index in [0.29, 0.717) is 29.5 Å². The minimum absolute atomic E-state index is 0.292. The first kappa shape index (κ1) is 12.8. The van der Waals surface area contributed by atoms with E-state index in [2.05, 4.69) is 37.0 Å². The first-order valence-electron chi connectivity index (χ1n) is 6.21. The Hall–Kier alpha value is -3.18. The maximum Gasteiger partial charge on any atom is 0.241 e. The van der Waals surface area contributed by atoms with Gasteiger partial charge in [0.15, 0.2) is 5.65 Å². The predicted octanol–water partition coefficient (Wildman–Crippen LogP) is 1.12. The molecule has 2 aromatic heterocycles. The van der Waals surface area contributed by atoms with Gasteiger partial charge in [-0.2, -0.15) is 20.3 Å². The monoisotopic (exact) mass is 280 g/mol. The molecule has 104 valence electrons. The molecule has 0 fully saturated rings. The molecule has 0 radical (unpaired) electrons. The van der Waals surface area contributed by atoms with E-state index >= 15 is 0 Å². The summed E-state index contributed by atoms with van der Waals surface area (Å²) in [6, 6.07) is 9.48. The van der Waals surface area contributed by atoms with Crippen LogP contribution in [0, 0.1) is 11.3 Å². The molecular formula is C13H12N8. The molecule has 3 rings (SSSR count). The van der Waals surface area contributed by atoms with Crippen LogP contribution in [0.3, 0.4) is 0 Å². The Morgan fingerprint density at radius 3 is 3.05 bits per heavy atom. The Morgan fingerprint density at radius 2 is 2.24 bits per heavy atom. The van der Waals surface area contributed by atoms with E-state index in [1.165, 1.54) is 0 Å². The number of nitrogens with zero attached hydrogens (tertiary/aromatic N) is 4. The van der Waals surface area contributed by atoms with E-state index in [0.717, 1.165) is 10.9 Å². The summed E-state index contributed by atoms with van der Waals surface area (Å²) in [4.78, 5) is 8.41. The maximum atomic E-state index is 8.90. The van der Waals surface area contributed by atoms with Crippen LogP contribution in [0.25, 0.3) is 11.0 Å². The van der Waals surface area contributed by atoms with Crippen LogP contribution in [0.15, 0.2) is 30.5 Å². The molecule has 0 saturated heterocycles. The summed E-state index contributed by atoms with van der Waals surface area (Å²) in [5.41, 5.74) is 4.60. The predicted molar refractivity (Wildman–Crippen MR) is 78.0 cm³/mol. The van der Waals surface area contributed by atoms with Gasteiger partial charge in [-0.3, -0.25) is 10.5 Å². The van der Waals surface area contributed by atoms with Crippen LogP contribution >= 0.6 is 0 Å². The summed E-state index contributed by atoms with van der Waals surface area (Å²) >= 11 is 0. The summed E-state index contributed by atoms with van der Waals surface area (Å²) in [7, 11) is 0. The third kappa shape index (κ3) is 2.58. The normalized spacial score (nSPS) is 10.3. The van der Waals surface area contributed by atoms with Crippen LogP contribution in [0.1, 0.15) is 11.1 Å². The van der Waals surface area contributed by atoms with Crippen molar-refractivity contribution in [1.29, 1.82) is 5.26 Å². The number of hydrazine groups is 1. The number of rotatable bonds is 4. The number of hydrogen-bond acceptors (Lipinski definition) is 7. The molecule has 1 aromatic carbocycles. The SMILES string of the molecule is N#Cc1cccc(CNc2nc(NN)nc3[nH]ncc23)c1. The zero-order valence-electron chi connectivity index (χ0n) is 11.0. The second-order valence-electron chi connectivity index (χ2n) is 4.34. The molecule has 8 heteroatoms. The highest BCUT2D eigenvalue weighted by Crippen LogP contribution is 2.20. The highest BCUT2D eigenvalue weighted by Gasteiger charge is 2.08. The lowest BCUT2D eigenvalue weighted by molar-refractivity contribution is 1.07. The van der Waals surface area contributed by atoms with E-state index in [4.69, 9.17) is 11.1 Å². The molecule has 0 unspecified atom stereocenters. The van der Waals surface area contributed by atoms with Crippen LogP contribution in [0.5, 0.6) is 0 Å². The van der Waals surface area contributed by atoms with Crippen molar-refractivity contribution < 1.29 is 0 Å². The number of fused-ring (bicyclic) bond motifs is 1. The molecule has 0 amide bonds. The van der Waals surface area contributed by atoms with Crippen molar-refractivity contribution >= 4 is 22.8 Å². The van der Waals surface area contributed by atoms with Crippen molar-refractivity contribution in [2.24, 2.45) is 5.84 Å². The molecule has 0 aliphatic carbocycles. The van der Waals surface area contributed by atoms with Crippen molar-refractivity contribution in [1.82, 2.24) is 20.2 Å². The number of hydrogen-bond donors (Lipinski definition) is 4. The van der Waals surface area contributed by atoms with Crippen molar-refractivity contribution in [3.05, 3.63) is 41.6 Å². The number of aromatic amines is 1. The van der Waals surface area contributed by atoms with Gasteiger partial charge in [0.05, 0.1) is 23.2 Å². The zero-order valence-corrected chi connectivity index (χ0v) is 11.0. The van der Waals surface area contributed by atoms with Gasteiger partial charge < -0.3 is 5.32 Å². The summed E-state index contributed by atoms with van der Waals surface area (Å²) in [5, 5.41) is 19.6. The second kappa shape index (κ2) is 5.44. The topological polar surface area (TPSA) is 128 Å². The largest absolute Gasteiger partial charge is 0.365 e. The number of anilines is 2. The first-order valence-corrected chi connectivity index (χ1v) is 6.21. The molecule has 0 aliphatic rings. The molecule has 21 heavy (non-hydrogen) atoms. The number of nitriles is 1. The molecule has 8 nitrogen and oxygen atoms in total. The molecule has 0 bridgehead atoms. The standard InChI is InChI=1S/C13H12N8/c14-5-8-2-1-3-9(4-8)6-16-11-10-7-17-21-12(10)19-13(18-11)20-15/h1-4,7H,6,15H2,(H3,16,17,18,19,20,21). The molecule has 0 saturated carbocycles. The molecule has 0 spiro atoms. The molecule has 2 heterocycles. The number of H-pyrrole nitrogens is 1.